The van der Waals surface area contributed by atoms with E-state index >= 15 is 0 Å². The Balaban J connectivity index is 2.23. The number of aromatic hydroxyl groups is 1. The van der Waals surface area contributed by atoms with Crippen LogP contribution >= 0.6 is 0 Å². The molecule has 1 aliphatic rings. The number of benzene rings is 1. The lowest BCUT2D eigenvalue weighted by Gasteiger charge is -2.28. The molecule has 140 valence electrons. The van der Waals surface area contributed by atoms with Gasteiger partial charge < -0.3 is 15.3 Å². The van der Waals surface area contributed by atoms with Crippen LogP contribution in [0.2, 0.25) is 0 Å². The lowest BCUT2D eigenvalue weighted by atomic mass is 9.79. The van der Waals surface area contributed by atoms with Crippen LogP contribution in [-0.4, -0.2) is 35.0 Å². The summed E-state index contributed by atoms with van der Waals surface area (Å²) in [6.45, 7) is 16.8. The quantitative estimate of drug-likeness (QED) is 0.877. The number of likely N-dealkylation sites (tertiary alicyclic amines) is 1. The van der Waals surface area contributed by atoms with E-state index < -0.39 is 0 Å². The Kier molecular flexibility index (Phi) is 5.53. The second kappa shape index (κ2) is 6.99. The van der Waals surface area contributed by atoms with Gasteiger partial charge in [-0.25, -0.2) is 0 Å². The van der Waals surface area contributed by atoms with E-state index in [2.05, 4.69) is 59.0 Å². The first kappa shape index (κ1) is 19.8. The molecule has 1 saturated heterocycles. The maximum Gasteiger partial charge on any atom is 0.219 e. The van der Waals surface area contributed by atoms with Crippen LogP contribution in [0.5, 0.6) is 5.75 Å². The van der Waals surface area contributed by atoms with Crippen LogP contribution in [0.1, 0.15) is 71.6 Å². The Morgan fingerprint density at radius 1 is 1.20 bits per heavy atom. The minimum absolute atomic E-state index is 0.0290. The largest absolute Gasteiger partial charge is 0.507 e. The minimum atomic E-state index is -0.112. The molecule has 0 saturated carbocycles. The summed E-state index contributed by atoms with van der Waals surface area (Å²) >= 11 is 0. The Bertz CT molecular complexity index is 639. The molecule has 1 atom stereocenters. The number of phenols is 1. The first-order chi connectivity index (χ1) is 11.4. The van der Waals surface area contributed by atoms with Gasteiger partial charge in [-0.05, 0) is 28.4 Å². The highest BCUT2D eigenvalue weighted by Crippen LogP contribution is 2.37. The first-order valence-corrected chi connectivity index (χ1v) is 9.25. The molecule has 0 bridgehead atoms. The van der Waals surface area contributed by atoms with Crippen molar-refractivity contribution in [2.45, 2.75) is 78.3 Å². The molecular weight excluding hydrogens is 312 g/mol. The predicted octanol–water partition coefficient (Wildman–Crippen LogP) is 3.70. The molecule has 4 heteroatoms. The van der Waals surface area contributed by atoms with Crippen molar-refractivity contribution in [3.05, 3.63) is 28.8 Å². The van der Waals surface area contributed by atoms with E-state index in [1.807, 2.05) is 4.90 Å². The second-order valence-electron chi connectivity index (χ2n) is 9.36. The van der Waals surface area contributed by atoms with Crippen molar-refractivity contribution in [1.82, 2.24) is 10.2 Å². The molecule has 1 unspecified atom stereocenters. The topological polar surface area (TPSA) is 52.6 Å². The van der Waals surface area contributed by atoms with Gasteiger partial charge in [0.1, 0.15) is 5.75 Å². The monoisotopic (exact) mass is 346 g/mol. The summed E-state index contributed by atoms with van der Waals surface area (Å²) in [5.41, 5.74) is 3.09. The SMILES string of the molecule is CC(=O)N1CCC(NCc2cc(C(C)(C)C)cc(C(C)(C)C)c2O)C1. The number of carbonyl (C=O) groups is 1. The third-order valence-electron chi connectivity index (χ3n) is 5.08. The van der Waals surface area contributed by atoms with Crippen molar-refractivity contribution in [1.29, 1.82) is 0 Å². The van der Waals surface area contributed by atoms with Crippen LogP contribution in [0.3, 0.4) is 0 Å². The Labute approximate surface area is 152 Å². The Morgan fingerprint density at radius 3 is 2.32 bits per heavy atom. The van der Waals surface area contributed by atoms with Gasteiger partial charge in [0.25, 0.3) is 0 Å². The van der Waals surface area contributed by atoms with E-state index in [4.69, 9.17) is 0 Å². The van der Waals surface area contributed by atoms with Gasteiger partial charge in [0.2, 0.25) is 5.91 Å². The van der Waals surface area contributed by atoms with Crippen LogP contribution in [-0.2, 0) is 22.2 Å². The molecule has 0 aromatic heterocycles. The van der Waals surface area contributed by atoms with E-state index in [0.717, 1.165) is 30.6 Å². The summed E-state index contributed by atoms with van der Waals surface area (Å²) in [4.78, 5) is 13.4. The number of nitrogens with zero attached hydrogens (tertiary/aromatic N) is 1. The number of carbonyl (C=O) groups excluding carboxylic acids is 1. The lowest BCUT2D eigenvalue weighted by molar-refractivity contribution is -0.127. The fourth-order valence-electron chi connectivity index (χ4n) is 3.30. The molecular formula is C21H34N2O2. The van der Waals surface area contributed by atoms with Gasteiger partial charge in [0.05, 0.1) is 0 Å². The van der Waals surface area contributed by atoms with E-state index in [1.165, 1.54) is 5.56 Å². The zero-order valence-electron chi connectivity index (χ0n) is 16.9. The van der Waals surface area contributed by atoms with Gasteiger partial charge in [-0.1, -0.05) is 53.7 Å². The number of rotatable bonds is 3. The smallest absolute Gasteiger partial charge is 0.219 e. The molecule has 0 aliphatic carbocycles. The standard InChI is InChI=1S/C21H34N2O2/c1-14(24)23-9-8-17(13-23)22-12-15-10-16(20(2,3)4)11-18(19(15)25)21(5,6)7/h10-11,17,22,25H,8-9,12-13H2,1-7H3. The summed E-state index contributed by atoms with van der Waals surface area (Å²) < 4.78 is 0. The van der Waals surface area contributed by atoms with Crippen LogP contribution in [0, 0.1) is 0 Å². The molecule has 2 N–H and O–H groups in total. The lowest BCUT2D eigenvalue weighted by Crippen LogP contribution is -2.34. The zero-order valence-corrected chi connectivity index (χ0v) is 16.9. The van der Waals surface area contributed by atoms with Crippen LogP contribution in [0.25, 0.3) is 0 Å². The molecule has 1 amide bonds. The number of amides is 1. The number of hydrogen-bond acceptors (Lipinski definition) is 3. The maximum absolute atomic E-state index is 11.5. The van der Waals surface area contributed by atoms with Crippen LogP contribution in [0.15, 0.2) is 12.1 Å². The van der Waals surface area contributed by atoms with E-state index in [0.29, 0.717) is 18.3 Å². The highest BCUT2D eigenvalue weighted by Gasteiger charge is 2.27. The van der Waals surface area contributed by atoms with Gasteiger partial charge in [-0.15, -0.1) is 0 Å². The van der Waals surface area contributed by atoms with Gasteiger partial charge in [-0.2, -0.15) is 0 Å². The summed E-state index contributed by atoms with van der Waals surface area (Å²) in [5.74, 6) is 0.534. The molecule has 25 heavy (non-hydrogen) atoms. The molecule has 1 aliphatic heterocycles. The highest BCUT2D eigenvalue weighted by atomic mass is 16.3. The Morgan fingerprint density at radius 2 is 1.84 bits per heavy atom. The summed E-state index contributed by atoms with van der Waals surface area (Å²) in [6, 6.07) is 4.56. The average Bonchev–Trinajstić information content (AvgIpc) is 2.92. The molecule has 1 aromatic carbocycles. The summed E-state index contributed by atoms with van der Waals surface area (Å²) in [5, 5.41) is 14.4. The van der Waals surface area contributed by atoms with Crippen molar-refractivity contribution >= 4 is 5.91 Å². The number of hydrogen-bond donors (Lipinski definition) is 2. The van der Waals surface area contributed by atoms with Crippen LogP contribution in [0.4, 0.5) is 0 Å². The van der Waals surface area contributed by atoms with Gasteiger partial charge >= 0.3 is 0 Å². The van der Waals surface area contributed by atoms with E-state index in [-0.39, 0.29) is 16.7 Å². The van der Waals surface area contributed by atoms with Crippen molar-refractivity contribution in [2.75, 3.05) is 13.1 Å². The van der Waals surface area contributed by atoms with Crippen molar-refractivity contribution < 1.29 is 9.90 Å². The number of phenolic OH excluding ortho intramolecular Hbond substituents is 1. The summed E-state index contributed by atoms with van der Waals surface area (Å²) in [6.07, 6.45) is 0.964. The molecule has 2 rings (SSSR count). The fraction of sp³-hybridized carbons (Fsp3) is 0.667. The third kappa shape index (κ3) is 4.75. The highest BCUT2D eigenvalue weighted by molar-refractivity contribution is 5.73. The minimum Gasteiger partial charge on any atom is -0.507 e. The van der Waals surface area contributed by atoms with Gasteiger partial charge in [-0.3, -0.25) is 4.79 Å². The number of nitrogens with one attached hydrogen (secondary N) is 1. The van der Waals surface area contributed by atoms with E-state index in [9.17, 15) is 9.90 Å². The normalized spacial score (nSPS) is 18.7. The molecule has 0 radical (unpaired) electrons. The molecule has 1 fully saturated rings. The van der Waals surface area contributed by atoms with Crippen molar-refractivity contribution in [2.24, 2.45) is 0 Å². The van der Waals surface area contributed by atoms with Gasteiger partial charge in [0, 0.05) is 38.2 Å². The van der Waals surface area contributed by atoms with E-state index in [1.54, 1.807) is 6.92 Å². The molecule has 0 spiro atoms. The fourth-order valence-corrected chi connectivity index (χ4v) is 3.30. The van der Waals surface area contributed by atoms with Gasteiger partial charge in [0.15, 0.2) is 0 Å². The predicted molar refractivity (Wildman–Crippen MR) is 103 cm³/mol. The van der Waals surface area contributed by atoms with Crippen LogP contribution < -0.4 is 5.32 Å². The summed E-state index contributed by atoms with van der Waals surface area (Å²) in [7, 11) is 0. The van der Waals surface area contributed by atoms with Crippen molar-refractivity contribution in [3.8, 4) is 5.75 Å². The average molecular weight is 347 g/mol. The zero-order chi connectivity index (χ0) is 19.0. The third-order valence-corrected chi connectivity index (χ3v) is 5.08. The molecule has 1 heterocycles. The molecule has 4 nitrogen and oxygen atoms in total. The second-order valence-corrected chi connectivity index (χ2v) is 9.36. The van der Waals surface area contributed by atoms with Crippen molar-refractivity contribution in [3.63, 3.8) is 0 Å². The maximum atomic E-state index is 11.5. The molecule has 1 aromatic rings. The first-order valence-electron chi connectivity index (χ1n) is 9.25. The Hall–Kier alpha value is -1.55.